The minimum absolute atomic E-state index is 0.633. The molecule has 0 bridgehead atoms. The smallest absolute Gasteiger partial charge is 0.161 e. The van der Waals surface area contributed by atoms with Crippen LogP contribution in [0.3, 0.4) is 0 Å². The Labute approximate surface area is 109 Å². The molecule has 0 spiro atoms. The molecule has 0 N–H and O–H groups in total. The molecule has 2 aromatic heterocycles. The minimum atomic E-state index is 0.633. The van der Waals surface area contributed by atoms with Crippen LogP contribution in [0.1, 0.15) is 11.3 Å². The highest BCUT2D eigenvalue weighted by Gasteiger charge is 2.22. The van der Waals surface area contributed by atoms with Gasteiger partial charge in [-0.3, -0.25) is 0 Å². The van der Waals surface area contributed by atoms with Gasteiger partial charge in [0.25, 0.3) is 0 Å². The molecule has 90 valence electrons. The fraction of sp³-hybridized carbons (Fsp3) is 0.0714. The first kappa shape index (κ1) is 10.1. The van der Waals surface area contributed by atoms with Crippen molar-refractivity contribution in [2.24, 2.45) is 0 Å². The van der Waals surface area contributed by atoms with Crippen LogP contribution in [0, 0.1) is 12.3 Å². The summed E-state index contributed by atoms with van der Waals surface area (Å²) in [5.74, 6) is 3.52. The zero-order valence-electron chi connectivity index (χ0n) is 9.98. The maximum absolute atomic E-state index is 5.61. The summed E-state index contributed by atoms with van der Waals surface area (Å²) in [7, 11) is 0. The second-order valence-corrected chi connectivity index (χ2v) is 4.34. The molecule has 1 aliphatic heterocycles. The van der Waals surface area contributed by atoms with Crippen LogP contribution in [0.2, 0.25) is 0 Å². The van der Waals surface area contributed by atoms with E-state index >= 15 is 0 Å². The molecule has 0 aliphatic carbocycles. The Balaban J connectivity index is 2.18. The van der Waals surface area contributed by atoms with Crippen molar-refractivity contribution < 1.29 is 0 Å². The lowest BCUT2D eigenvalue weighted by atomic mass is 10.0. The maximum Gasteiger partial charge on any atom is 0.161 e. The molecule has 19 heavy (non-hydrogen) atoms. The van der Waals surface area contributed by atoms with Crippen LogP contribution in [0.15, 0.2) is 37.1 Å². The van der Waals surface area contributed by atoms with Crippen LogP contribution in [0.25, 0.3) is 17.1 Å². The standard InChI is InChI=1S/C14H9N5/c1-2-10-4-3-5-12-13(10)14-16-8-17-19(14)7-11-6-15-9-18(11)12/h1,3-6,8-9H,7H2. The maximum atomic E-state index is 5.61. The Bertz CT molecular complexity index is 818. The van der Waals surface area contributed by atoms with Crippen molar-refractivity contribution in [3.63, 3.8) is 0 Å². The summed E-state index contributed by atoms with van der Waals surface area (Å²) in [6, 6.07) is 5.88. The third-order valence-electron chi connectivity index (χ3n) is 3.32. The second kappa shape index (κ2) is 3.56. The van der Waals surface area contributed by atoms with E-state index in [4.69, 9.17) is 6.42 Å². The topological polar surface area (TPSA) is 48.5 Å². The summed E-state index contributed by atoms with van der Waals surface area (Å²) in [5, 5.41) is 4.27. The van der Waals surface area contributed by atoms with Crippen molar-refractivity contribution in [2.75, 3.05) is 0 Å². The third-order valence-corrected chi connectivity index (χ3v) is 3.32. The summed E-state index contributed by atoms with van der Waals surface area (Å²) < 4.78 is 3.88. The van der Waals surface area contributed by atoms with Gasteiger partial charge in [0.1, 0.15) is 6.33 Å². The van der Waals surface area contributed by atoms with Crippen LogP contribution in [-0.4, -0.2) is 24.3 Å². The number of hydrogen-bond acceptors (Lipinski definition) is 3. The van der Waals surface area contributed by atoms with E-state index in [1.165, 1.54) is 0 Å². The molecule has 0 saturated heterocycles. The van der Waals surface area contributed by atoms with Gasteiger partial charge in [0, 0.05) is 5.56 Å². The SMILES string of the molecule is C#Cc1cccc2c1-c1ncnn1Cc1cncn1-2. The largest absolute Gasteiger partial charge is 0.301 e. The van der Waals surface area contributed by atoms with Crippen LogP contribution in [0.5, 0.6) is 0 Å². The van der Waals surface area contributed by atoms with Crippen molar-refractivity contribution >= 4 is 0 Å². The number of imidazole rings is 1. The van der Waals surface area contributed by atoms with E-state index in [9.17, 15) is 0 Å². The summed E-state index contributed by atoms with van der Waals surface area (Å²) in [5.41, 5.74) is 3.79. The summed E-state index contributed by atoms with van der Waals surface area (Å²) in [6.45, 7) is 0.633. The van der Waals surface area contributed by atoms with Gasteiger partial charge < -0.3 is 4.57 Å². The Morgan fingerprint density at radius 3 is 3.16 bits per heavy atom. The van der Waals surface area contributed by atoms with Crippen molar-refractivity contribution in [2.45, 2.75) is 6.54 Å². The van der Waals surface area contributed by atoms with Crippen LogP contribution in [0.4, 0.5) is 0 Å². The van der Waals surface area contributed by atoms with E-state index in [-0.39, 0.29) is 0 Å². The Hall–Kier alpha value is -2.87. The molecular weight excluding hydrogens is 238 g/mol. The predicted molar refractivity (Wildman–Crippen MR) is 69.6 cm³/mol. The predicted octanol–water partition coefficient (Wildman–Crippen LogP) is 1.47. The summed E-state index contributed by atoms with van der Waals surface area (Å²) in [4.78, 5) is 8.56. The number of rotatable bonds is 0. The molecular formula is C14H9N5. The second-order valence-electron chi connectivity index (χ2n) is 4.34. The zero-order chi connectivity index (χ0) is 12.8. The summed E-state index contributed by atoms with van der Waals surface area (Å²) in [6.07, 6.45) is 10.8. The monoisotopic (exact) mass is 247 g/mol. The number of nitrogens with zero attached hydrogens (tertiary/aromatic N) is 5. The Kier molecular flexibility index (Phi) is 1.89. The lowest BCUT2D eigenvalue weighted by molar-refractivity contribution is 0.677. The Morgan fingerprint density at radius 2 is 2.26 bits per heavy atom. The molecule has 5 heteroatoms. The van der Waals surface area contributed by atoms with Crippen LogP contribution >= 0.6 is 0 Å². The van der Waals surface area contributed by atoms with Gasteiger partial charge in [-0.1, -0.05) is 12.0 Å². The fourth-order valence-electron chi connectivity index (χ4n) is 2.48. The normalized spacial score (nSPS) is 11.9. The first-order chi connectivity index (χ1) is 9.38. The fourth-order valence-corrected chi connectivity index (χ4v) is 2.48. The molecule has 4 rings (SSSR count). The van der Waals surface area contributed by atoms with E-state index in [0.29, 0.717) is 6.54 Å². The van der Waals surface area contributed by atoms with E-state index < -0.39 is 0 Å². The molecule has 1 aliphatic rings. The quantitative estimate of drug-likeness (QED) is 0.442. The van der Waals surface area contributed by atoms with Gasteiger partial charge in [-0.05, 0) is 12.1 Å². The third kappa shape index (κ3) is 1.28. The lowest BCUT2D eigenvalue weighted by Crippen LogP contribution is -2.03. The van der Waals surface area contributed by atoms with Gasteiger partial charge >= 0.3 is 0 Å². The molecule has 3 aromatic rings. The average Bonchev–Trinajstić information content (AvgIpc) is 3.06. The molecule has 5 nitrogen and oxygen atoms in total. The molecule has 0 atom stereocenters. The number of hydrogen-bond donors (Lipinski definition) is 0. The van der Waals surface area contributed by atoms with Crippen molar-refractivity contribution in [3.05, 3.63) is 48.3 Å². The van der Waals surface area contributed by atoms with Gasteiger partial charge in [0.05, 0.1) is 36.0 Å². The van der Waals surface area contributed by atoms with Crippen LogP contribution in [-0.2, 0) is 6.54 Å². The van der Waals surface area contributed by atoms with Crippen molar-refractivity contribution in [1.82, 2.24) is 24.3 Å². The van der Waals surface area contributed by atoms with Gasteiger partial charge in [-0.25, -0.2) is 14.6 Å². The van der Waals surface area contributed by atoms with Gasteiger partial charge in [0.2, 0.25) is 0 Å². The lowest BCUT2D eigenvalue weighted by Gasteiger charge is -2.09. The minimum Gasteiger partial charge on any atom is -0.301 e. The number of fused-ring (bicyclic) bond motifs is 5. The highest BCUT2D eigenvalue weighted by Crippen LogP contribution is 2.32. The van der Waals surface area contributed by atoms with Gasteiger partial charge in [0.15, 0.2) is 5.82 Å². The first-order valence-electron chi connectivity index (χ1n) is 5.88. The molecule has 0 amide bonds. The molecule has 0 fully saturated rings. The highest BCUT2D eigenvalue weighted by atomic mass is 15.3. The average molecular weight is 247 g/mol. The van der Waals surface area contributed by atoms with Crippen molar-refractivity contribution in [1.29, 1.82) is 0 Å². The molecule has 3 heterocycles. The molecule has 0 radical (unpaired) electrons. The van der Waals surface area contributed by atoms with E-state index in [1.807, 2.05) is 33.6 Å². The molecule has 0 unspecified atom stereocenters. The van der Waals surface area contributed by atoms with E-state index in [2.05, 4.69) is 21.0 Å². The highest BCUT2D eigenvalue weighted by molar-refractivity contribution is 5.75. The zero-order valence-corrected chi connectivity index (χ0v) is 9.98. The van der Waals surface area contributed by atoms with Crippen LogP contribution < -0.4 is 0 Å². The van der Waals surface area contributed by atoms with E-state index in [0.717, 1.165) is 28.3 Å². The van der Waals surface area contributed by atoms with Gasteiger partial charge in [-0.15, -0.1) is 6.42 Å². The number of terminal acetylenes is 1. The summed E-state index contributed by atoms with van der Waals surface area (Å²) >= 11 is 0. The number of benzene rings is 1. The molecule has 1 aromatic carbocycles. The van der Waals surface area contributed by atoms with Gasteiger partial charge in [-0.2, -0.15) is 5.10 Å². The van der Waals surface area contributed by atoms with E-state index in [1.54, 1.807) is 12.7 Å². The van der Waals surface area contributed by atoms with Crippen molar-refractivity contribution in [3.8, 4) is 29.4 Å². The first-order valence-corrected chi connectivity index (χ1v) is 5.88. The number of aromatic nitrogens is 5. The Morgan fingerprint density at radius 1 is 1.32 bits per heavy atom. The molecule has 0 saturated carbocycles.